The highest BCUT2D eigenvalue weighted by atomic mass is 19.1. The Labute approximate surface area is 111 Å². The normalized spacial score (nSPS) is 23.7. The molecule has 1 aliphatic carbocycles. The number of nitrogens with zero attached hydrogens (tertiary/aromatic N) is 1. The van der Waals surface area contributed by atoms with Crippen LogP contribution in [0.3, 0.4) is 0 Å². The van der Waals surface area contributed by atoms with Crippen molar-refractivity contribution >= 4 is 11.4 Å². The van der Waals surface area contributed by atoms with E-state index < -0.39 is 10.7 Å². The fraction of sp³-hybridized carbons (Fsp3) is 0.538. The minimum atomic E-state index is -0.612. The molecule has 1 fully saturated rings. The zero-order valence-electron chi connectivity index (χ0n) is 10.6. The van der Waals surface area contributed by atoms with Gasteiger partial charge in [0.05, 0.1) is 11.0 Å². The van der Waals surface area contributed by atoms with Crippen molar-refractivity contribution in [2.75, 3.05) is 5.32 Å². The van der Waals surface area contributed by atoms with Gasteiger partial charge in [0.1, 0.15) is 5.82 Å². The number of rotatable bonds is 3. The van der Waals surface area contributed by atoms with E-state index in [-0.39, 0.29) is 17.8 Å². The molecule has 2 unspecified atom stereocenters. The Morgan fingerprint density at radius 3 is 2.74 bits per heavy atom. The van der Waals surface area contributed by atoms with E-state index in [0.29, 0.717) is 5.69 Å². The van der Waals surface area contributed by atoms with Crippen LogP contribution in [0.5, 0.6) is 0 Å². The minimum absolute atomic E-state index is 0.00447. The van der Waals surface area contributed by atoms with E-state index in [0.717, 1.165) is 38.2 Å². The zero-order chi connectivity index (χ0) is 13.8. The third-order valence-electron chi connectivity index (χ3n) is 3.51. The van der Waals surface area contributed by atoms with Crippen molar-refractivity contribution < 1.29 is 9.31 Å². The highest BCUT2D eigenvalue weighted by molar-refractivity contribution is 5.52. The molecule has 1 aliphatic rings. The summed E-state index contributed by atoms with van der Waals surface area (Å²) in [5.74, 6) is -0.612. The second kappa shape index (κ2) is 5.97. The molecule has 104 valence electrons. The Morgan fingerprint density at radius 2 is 2.00 bits per heavy atom. The number of hydrogen-bond donors (Lipinski definition) is 2. The molecule has 1 aromatic rings. The smallest absolute Gasteiger partial charge is 0.274 e. The lowest BCUT2D eigenvalue weighted by atomic mass is 10.0. The minimum Gasteiger partial charge on any atom is -0.380 e. The largest absolute Gasteiger partial charge is 0.380 e. The summed E-state index contributed by atoms with van der Waals surface area (Å²) in [6, 6.07) is 3.58. The van der Waals surface area contributed by atoms with Crippen molar-refractivity contribution in [2.45, 2.75) is 44.2 Å². The summed E-state index contributed by atoms with van der Waals surface area (Å²) in [5, 5.41) is 13.8. The number of benzene rings is 1. The third kappa shape index (κ3) is 3.64. The second-order valence-electron chi connectivity index (χ2n) is 5.01. The molecule has 5 nitrogen and oxygen atoms in total. The van der Waals surface area contributed by atoms with E-state index in [1.165, 1.54) is 12.1 Å². The maximum Gasteiger partial charge on any atom is 0.274 e. The van der Waals surface area contributed by atoms with E-state index in [1.807, 2.05) is 0 Å². The quantitative estimate of drug-likeness (QED) is 0.501. The Bertz CT molecular complexity index is 467. The predicted molar refractivity (Wildman–Crippen MR) is 71.5 cm³/mol. The Balaban J connectivity index is 2.15. The molecule has 0 aromatic heterocycles. The van der Waals surface area contributed by atoms with Crippen LogP contribution in [0.25, 0.3) is 0 Å². The monoisotopic (exact) mass is 267 g/mol. The van der Waals surface area contributed by atoms with Crippen LogP contribution in [0.1, 0.15) is 32.1 Å². The van der Waals surface area contributed by atoms with Gasteiger partial charge in [0, 0.05) is 23.8 Å². The first kappa shape index (κ1) is 13.7. The molecule has 0 bridgehead atoms. The van der Waals surface area contributed by atoms with Gasteiger partial charge in [0.2, 0.25) is 0 Å². The van der Waals surface area contributed by atoms with Gasteiger partial charge in [-0.2, -0.15) is 0 Å². The predicted octanol–water partition coefficient (Wildman–Crippen LogP) is 2.81. The summed E-state index contributed by atoms with van der Waals surface area (Å²) in [7, 11) is 0. The molecule has 6 heteroatoms. The van der Waals surface area contributed by atoms with Crippen LogP contribution in [0, 0.1) is 15.9 Å². The fourth-order valence-electron chi connectivity index (χ4n) is 2.49. The molecule has 2 rings (SSSR count). The van der Waals surface area contributed by atoms with Crippen molar-refractivity contribution in [3.05, 3.63) is 34.1 Å². The fourth-order valence-corrected chi connectivity index (χ4v) is 2.49. The van der Waals surface area contributed by atoms with E-state index in [9.17, 15) is 14.5 Å². The van der Waals surface area contributed by atoms with Gasteiger partial charge in [-0.3, -0.25) is 10.1 Å². The summed E-state index contributed by atoms with van der Waals surface area (Å²) in [4.78, 5) is 10.1. The number of anilines is 1. The molecular formula is C13H18FN3O2. The topological polar surface area (TPSA) is 81.2 Å². The summed E-state index contributed by atoms with van der Waals surface area (Å²) in [6.45, 7) is 0. The SMILES string of the molecule is NC1CCCCCC1Nc1cc(F)cc([N+](=O)[O-])c1. The average molecular weight is 267 g/mol. The summed E-state index contributed by atoms with van der Waals surface area (Å²) < 4.78 is 13.3. The van der Waals surface area contributed by atoms with Crippen LogP contribution in [0.15, 0.2) is 18.2 Å². The Hall–Kier alpha value is -1.69. The van der Waals surface area contributed by atoms with Gasteiger partial charge in [0.15, 0.2) is 0 Å². The van der Waals surface area contributed by atoms with Crippen LogP contribution in [0.2, 0.25) is 0 Å². The van der Waals surface area contributed by atoms with Crippen molar-refractivity contribution in [2.24, 2.45) is 5.73 Å². The van der Waals surface area contributed by atoms with Gasteiger partial charge in [-0.1, -0.05) is 19.3 Å². The molecule has 3 N–H and O–H groups in total. The van der Waals surface area contributed by atoms with E-state index in [1.54, 1.807) is 0 Å². The molecule has 0 heterocycles. The van der Waals surface area contributed by atoms with E-state index in [2.05, 4.69) is 5.32 Å². The standard InChI is InChI=1S/C13H18FN3O2/c14-9-6-10(8-11(7-9)17(18)19)16-13-5-3-1-2-4-12(13)15/h6-8,12-13,16H,1-5,15H2. The molecular weight excluding hydrogens is 249 g/mol. The first-order valence-corrected chi connectivity index (χ1v) is 6.53. The summed E-state index contributed by atoms with van der Waals surface area (Å²) in [6.07, 6.45) is 5.15. The van der Waals surface area contributed by atoms with E-state index in [4.69, 9.17) is 5.73 Å². The second-order valence-corrected chi connectivity index (χ2v) is 5.01. The van der Waals surface area contributed by atoms with Crippen LogP contribution >= 0.6 is 0 Å². The summed E-state index contributed by atoms with van der Waals surface area (Å²) >= 11 is 0. The number of nitrogens with one attached hydrogen (secondary N) is 1. The van der Waals surface area contributed by atoms with Gasteiger partial charge in [-0.05, 0) is 18.9 Å². The molecule has 0 spiro atoms. The van der Waals surface area contributed by atoms with Crippen LogP contribution in [-0.4, -0.2) is 17.0 Å². The lowest BCUT2D eigenvalue weighted by Gasteiger charge is -2.23. The Kier molecular flexibility index (Phi) is 4.31. The molecule has 1 aromatic carbocycles. The number of nitro benzene ring substituents is 1. The molecule has 1 saturated carbocycles. The van der Waals surface area contributed by atoms with Gasteiger partial charge in [-0.25, -0.2) is 4.39 Å². The highest BCUT2D eigenvalue weighted by Crippen LogP contribution is 2.24. The molecule has 2 atom stereocenters. The molecule has 19 heavy (non-hydrogen) atoms. The molecule has 0 saturated heterocycles. The zero-order valence-corrected chi connectivity index (χ0v) is 10.6. The lowest BCUT2D eigenvalue weighted by molar-refractivity contribution is -0.385. The number of non-ortho nitro benzene ring substituents is 1. The van der Waals surface area contributed by atoms with Gasteiger partial charge in [-0.15, -0.1) is 0 Å². The van der Waals surface area contributed by atoms with Crippen LogP contribution in [0.4, 0.5) is 15.8 Å². The number of hydrogen-bond acceptors (Lipinski definition) is 4. The van der Waals surface area contributed by atoms with Crippen LogP contribution in [-0.2, 0) is 0 Å². The molecule has 0 aliphatic heterocycles. The first-order valence-electron chi connectivity index (χ1n) is 6.53. The Morgan fingerprint density at radius 1 is 1.26 bits per heavy atom. The van der Waals surface area contributed by atoms with Crippen molar-refractivity contribution in [3.63, 3.8) is 0 Å². The van der Waals surface area contributed by atoms with Crippen LogP contribution < -0.4 is 11.1 Å². The number of nitrogens with two attached hydrogens (primary N) is 1. The average Bonchev–Trinajstić information content (AvgIpc) is 2.54. The van der Waals surface area contributed by atoms with Crippen molar-refractivity contribution in [1.29, 1.82) is 0 Å². The maximum atomic E-state index is 13.3. The van der Waals surface area contributed by atoms with Gasteiger partial charge < -0.3 is 11.1 Å². The van der Waals surface area contributed by atoms with Gasteiger partial charge in [0.25, 0.3) is 5.69 Å². The highest BCUT2D eigenvalue weighted by Gasteiger charge is 2.21. The molecule has 0 radical (unpaired) electrons. The van der Waals surface area contributed by atoms with Crippen molar-refractivity contribution in [1.82, 2.24) is 0 Å². The summed E-state index contributed by atoms with van der Waals surface area (Å²) in [5.41, 5.74) is 6.25. The lowest BCUT2D eigenvalue weighted by Crippen LogP contribution is -2.39. The molecule has 0 amide bonds. The van der Waals surface area contributed by atoms with E-state index >= 15 is 0 Å². The third-order valence-corrected chi connectivity index (χ3v) is 3.51. The van der Waals surface area contributed by atoms with Gasteiger partial charge >= 0.3 is 0 Å². The maximum absolute atomic E-state index is 13.3. The first-order chi connectivity index (χ1) is 9.06. The number of nitro groups is 1. The van der Waals surface area contributed by atoms with Crippen molar-refractivity contribution in [3.8, 4) is 0 Å². The number of halogens is 1.